The fourth-order valence-corrected chi connectivity index (χ4v) is 2.24. The van der Waals surface area contributed by atoms with Crippen LogP contribution in [-0.4, -0.2) is 5.11 Å². The summed E-state index contributed by atoms with van der Waals surface area (Å²) in [7, 11) is 0. The van der Waals surface area contributed by atoms with E-state index in [0.717, 1.165) is 17.0 Å². The SMILES string of the molecule is OC(Cc1cccs1)c1ccc(F)cc1F. The largest absolute Gasteiger partial charge is 0.388 e. The van der Waals surface area contributed by atoms with Gasteiger partial charge in [-0.25, -0.2) is 8.78 Å². The molecule has 0 aliphatic heterocycles. The maximum atomic E-state index is 13.3. The number of rotatable bonds is 3. The molecule has 16 heavy (non-hydrogen) atoms. The molecule has 0 bridgehead atoms. The third-order valence-electron chi connectivity index (χ3n) is 2.30. The zero-order valence-corrected chi connectivity index (χ0v) is 9.18. The van der Waals surface area contributed by atoms with Crippen molar-refractivity contribution < 1.29 is 13.9 Å². The Morgan fingerprint density at radius 1 is 1.25 bits per heavy atom. The molecule has 4 heteroatoms. The molecule has 1 aromatic carbocycles. The lowest BCUT2D eigenvalue weighted by atomic mass is 10.1. The predicted octanol–water partition coefficient (Wildman–Crippen LogP) is 3.30. The first kappa shape index (κ1) is 11.2. The van der Waals surface area contributed by atoms with Crippen molar-refractivity contribution in [1.29, 1.82) is 0 Å². The van der Waals surface area contributed by atoms with E-state index in [9.17, 15) is 13.9 Å². The van der Waals surface area contributed by atoms with Crippen molar-refractivity contribution >= 4 is 11.3 Å². The summed E-state index contributed by atoms with van der Waals surface area (Å²) in [5.74, 6) is -1.34. The second kappa shape index (κ2) is 4.72. The monoisotopic (exact) mass is 240 g/mol. The molecule has 0 amide bonds. The number of hydrogen-bond acceptors (Lipinski definition) is 2. The minimum Gasteiger partial charge on any atom is -0.388 e. The molecule has 1 atom stereocenters. The van der Waals surface area contributed by atoms with Crippen LogP contribution >= 0.6 is 11.3 Å². The zero-order chi connectivity index (χ0) is 11.5. The minimum absolute atomic E-state index is 0.134. The van der Waals surface area contributed by atoms with Gasteiger partial charge in [0.1, 0.15) is 11.6 Å². The second-order valence-electron chi connectivity index (χ2n) is 3.47. The molecular weight excluding hydrogens is 230 g/mol. The number of benzene rings is 1. The van der Waals surface area contributed by atoms with Crippen molar-refractivity contribution in [3.05, 3.63) is 57.8 Å². The van der Waals surface area contributed by atoms with Crippen molar-refractivity contribution in [2.45, 2.75) is 12.5 Å². The molecular formula is C12H10F2OS. The van der Waals surface area contributed by atoms with Crippen LogP contribution in [0.1, 0.15) is 16.5 Å². The summed E-state index contributed by atoms with van der Waals surface area (Å²) in [5.41, 5.74) is 0.134. The maximum absolute atomic E-state index is 13.3. The van der Waals surface area contributed by atoms with E-state index in [4.69, 9.17) is 0 Å². The Hall–Kier alpha value is -1.26. The lowest BCUT2D eigenvalue weighted by molar-refractivity contribution is 0.174. The van der Waals surface area contributed by atoms with Crippen molar-refractivity contribution in [2.75, 3.05) is 0 Å². The van der Waals surface area contributed by atoms with E-state index in [0.29, 0.717) is 6.42 Å². The summed E-state index contributed by atoms with van der Waals surface area (Å²) >= 11 is 1.50. The number of halogens is 2. The highest BCUT2D eigenvalue weighted by Crippen LogP contribution is 2.23. The third-order valence-corrected chi connectivity index (χ3v) is 3.19. The first-order chi connectivity index (χ1) is 7.66. The average molecular weight is 240 g/mol. The van der Waals surface area contributed by atoms with Crippen LogP contribution in [0.4, 0.5) is 8.78 Å². The molecule has 1 N–H and O–H groups in total. The van der Waals surface area contributed by atoms with E-state index in [1.165, 1.54) is 17.4 Å². The summed E-state index contributed by atoms with van der Waals surface area (Å²) in [6, 6.07) is 6.95. The lowest BCUT2D eigenvalue weighted by Gasteiger charge is -2.10. The van der Waals surface area contributed by atoms with Gasteiger partial charge < -0.3 is 5.11 Å². The van der Waals surface area contributed by atoms with E-state index in [-0.39, 0.29) is 5.56 Å². The van der Waals surface area contributed by atoms with Gasteiger partial charge in [-0.2, -0.15) is 0 Å². The Bertz CT molecular complexity index is 468. The highest BCUT2D eigenvalue weighted by atomic mass is 32.1. The highest BCUT2D eigenvalue weighted by Gasteiger charge is 2.14. The summed E-state index contributed by atoms with van der Waals surface area (Å²) in [5, 5.41) is 11.7. The van der Waals surface area contributed by atoms with Gasteiger partial charge in [-0.05, 0) is 17.5 Å². The average Bonchev–Trinajstić information content (AvgIpc) is 2.70. The third kappa shape index (κ3) is 2.46. The van der Waals surface area contributed by atoms with Gasteiger partial charge in [0.05, 0.1) is 6.10 Å². The Labute approximate surface area is 96.0 Å². The summed E-state index contributed by atoms with van der Waals surface area (Å²) in [4.78, 5) is 0.969. The first-order valence-electron chi connectivity index (χ1n) is 4.82. The lowest BCUT2D eigenvalue weighted by Crippen LogP contribution is -2.03. The van der Waals surface area contributed by atoms with Gasteiger partial charge >= 0.3 is 0 Å². The molecule has 0 saturated carbocycles. The summed E-state index contributed by atoms with van der Waals surface area (Å²) in [6.45, 7) is 0. The second-order valence-corrected chi connectivity index (χ2v) is 4.50. The Balaban J connectivity index is 2.17. The fourth-order valence-electron chi connectivity index (χ4n) is 1.50. The van der Waals surface area contributed by atoms with Crippen LogP contribution in [0.15, 0.2) is 35.7 Å². The van der Waals surface area contributed by atoms with Crippen molar-refractivity contribution in [2.24, 2.45) is 0 Å². The van der Waals surface area contributed by atoms with Gasteiger partial charge in [-0.1, -0.05) is 12.1 Å². The van der Waals surface area contributed by atoms with E-state index in [1.807, 2.05) is 17.5 Å². The van der Waals surface area contributed by atoms with Gasteiger partial charge in [0.25, 0.3) is 0 Å². The Kier molecular flexibility index (Phi) is 3.31. The first-order valence-corrected chi connectivity index (χ1v) is 5.70. The summed E-state index contributed by atoms with van der Waals surface area (Å²) in [6.07, 6.45) is -0.584. The maximum Gasteiger partial charge on any atom is 0.131 e. The van der Waals surface area contributed by atoms with Gasteiger partial charge in [0.2, 0.25) is 0 Å². The smallest absolute Gasteiger partial charge is 0.131 e. The molecule has 2 rings (SSSR count). The fraction of sp³-hybridized carbons (Fsp3) is 0.167. The van der Waals surface area contributed by atoms with Crippen LogP contribution in [-0.2, 0) is 6.42 Å². The standard InChI is InChI=1S/C12H10F2OS/c13-8-3-4-10(11(14)6-8)12(15)7-9-2-1-5-16-9/h1-6,12,15H,7H2. The topological polar surface area (TPSA) is 20.2 Å². The molecule has 0 aliphatic rings. The van der Waals surface area contributed by atoms with E-state index >= 15 is 0 Å². The van der Waals surface area contributed by atoms with Crippen molar-refractivity contribution in [3.63, 3.8) is 0 Å². The van der Waals surface area contributed by atoms with E-state index < -0.39 is 17.7 Å². The molecule has 2 aromatic rings. The van der Waals surface area contributed by atoms with Crippen LogP contribution in [0.5, 0.6) is 0 Å². The van der Waals surface area contributed by atoms with Gasteiger partial charge in [-0.3, -0.25) is 0 Å². The van der Waals surface area contributed by atoms with Crippen LogP contribution in [0, 0.1) is 11.6 Å². The molecule has 1 aromatic heterocycles. The molecule has 1 heterocycles. The normalized spacial score (nSPS) is 12.7. The van der Waals surface area contributed by atoms with Crippen LogP contribution in [0.3, 0.4) is 0 Å². The minimum atomic E-state index is -0.931. The van der Waals surface area contributed by atoms with Crippen LogP contribution < -0.4 is 0 Å². The number of aliphatic hydroxyl groups excluding tert-OH is 1. The quantitative estimate of drug-likeness (QED) is 0.872. The van der Waals surface area contributed by atoms with Gasteiger partial charge in [0, 0.05) is 22.9 Å². The Morgan fingerprint density at radius 2 is 2.06 bits per heavy atom. The summed E-state index contributed by atoms with van der Waals surface area (Å²) < 4.78 is 26.0. The molecule has 0 fully saturated rings. The molecule has 0 aliphatic carbocycles. The molecule has 1 unspecified atom stereocenters. The van der Waals surface area contributed by atoms with Crippen LogP contribution in [0.25, 0.3) is 0 Å². The van der Waals surface area contributed by atoms with Gasteiger partial charge in [-0.15, -0.1) is 11.3 Å². The number of aliphatic hydroxyl groups is 1. The van der Waals surface area contributed by atoms with Crippen molar-refractivity contribution in [3.8, 4) is 0 Å². The van der Waals surface area contributed by atoms with Crippen LogP contribution in [0.2, 0.25) is 0 Å². The molecule has 84 valence electrons. The predicted molar refractivity (Wildman–Crippen MR) is 59.3 cm³/mol. The molecule has 0 spiro atoms. The van der Waals surface area contributed by atoms with E-state index in [1.54, 1.807) is 0 Å². The number of thiophene rings is 1. The number of hydrogen-bond donors (Lipinski definition) is 1. The molecule has 1 nitrogen and oxygen atoms in total. The molecule has 0 saturated heterocycles. The Morgan fingerprint density at radius 3 is 2.69 bits per heavy atom. The highest BCUT2D eigenvalue weighted by molar-refractivity contribution is 7.09. The van der Waals surface area contributed by atoms with E-state index in [2.05, 4.69) is 0 Å². The molecule has 0 radical (unpaired) electrons. The van der Waals surface area contributed by atoms with Crippen molar-refractivity contribution in [1.82, 2.24) is 0 Å². The zero-order valence-electron chi connectivity index (χ0n) is 8.36. The van der Waals surface area contributed by atoms with Gasteiger partial charge in [0.15, 0.2) is 0 Å².